The fourth-order valence-corrected chi connectivity index (χ4v) is 3.60. The zero-order chi connectivity index (χ0) is 18.5. The number of thiazole rings is 1. The summed E-state index contributed by atoms with van der Waals surface area (Å²) in [4.78, 5) is 16.9. The van der Waals surface area contributed by atoms with Gasteiger partial charge in [0.25, 0.3) is 0 Å². The van der Waals surface area contributed by atoms with Gasteiger partial charge >= 0.3 is 0 Å². The van der Waals surface area contributed by atoms with Gasteiger partial charge in [0.05, 0.1) is 11.4 Å². The van der Waals surface area contributed by atoms with Crippen molar-refractivity contribution < 1.29 is 4.79 Å². The number of halogens is 1. The summed E-state index contributed by atoms with van der Waals surface area (Å²) in [5, 5.41) is 6.61. The number of nitrogens with zero attached hydrogens (tertiary/aromatic N) is 2. The number of hydrogen-bond acceptors (Lipinski definition) is 3. The van der Waals surface area contributed by atoms with Crippen molar-refractivity contribution in [3.63, 3.8) is 0 Å². The molecule has 2 heterocycles. The van der Waals surface area contributed by atoms with Crippen molar-refractivity contribution in [2.45, 2.75) is 26.8 Å². The fourth-order valence-electron chi connectivity index (χ4n) is 2.60. The van der Waals surface area contributed by atoms with Gasteiger partial charge in [-0.3, -0.25) is 4.79 Å². The minimum atomic E-state index is 0.0255. The number of aromatic nitrogens is 2. The molecule has 136 valence electrons. The molecule has 26 heavy (non-hydrogen) atoms. The van der Waals surface area contributed by atoms with Crippen LogP contribution >= 0.6 is 22.9 Å². The molecular formula is C20H22ClN3OS. The molecule has 0 aliphatic heterocycles. The van der Waals surface area contributed by atoms with Crippen LogP contribution < -0.4 is 5.32 Å². The second-order valence-corrected chi connectivity index (χ2v) is 7.89. The van der Waals surface area contributed by atoms with Gasteiger partial charge in [0.1, 0.15) is 11.6 Å². The molecule has 0 radical (unpaired) electrons. The monoisotopic (exact) mass is 387 g/mol. The summed E-state index contributed by atoms with van der Waals surface area (Å²) in [6.07, 6.45) is 2.90. The Balaban J connectivity index is 1.70. The van der Waals surface area contributed by atoms with E-state index in [-0.39, 0.29) is 5.91 Å². The van der Waals surface area contributed by atoms with Crippen LogP contribution in [0.4, 0.5) is 0 Å². The van der Waals surface area contributed by atoms with Crippen molar-refractivity contribution in [3.8, 4) is 22.0 Å². The first-order valence-corrected chi connectivity index (χ1v) is 9.92. The largest absolute Gasteiger partial charge is 0.355 e. The molecule has 3 rings (SSSR count). The Kier molecular flexibility index (Phi) is 6.12. The average molecular weight is 388 g/mol. The second-order valence-electron chi connectivity index (χ2n) is 6.60. The molecule has 0 aliphatic rings. The molecule has 6 heteroatoms. The molecule has 0 saturated carbocycles. The van der Waals surface area contributed by atoms with Crippen molar-refractivity contribution >= 4 is 28.8 Å². The van der Waals surface area contributed by atoms with E-state index in [9.17, 15) is 4.79 Å². The Morgan fingerprint density at radius 1 is 1.27 bits per heavy atom. The lowest BCUT2D eigenvalue weighted by Gasteiger charge is -2.09. The first kappa shape index (κ1) is 18.7. The normalized spacial score (nSPS) is 11.1. The van der Waals surface area contributed by atoms with Gasteiger partial charge in [-0.2, -0.15) is 0 Å². The Labute approximate surface area is 162 Å². The van der Waals surface area contributed by atoms with Crippen molar-refractivity contribution in [2.24, 2.45) is 5.92 Å². The van der Waals surface area contributed by atoms with Crippen molar-refractivity contribution in [1.82, 2.24) is 14.9 Å². The highest BCUT2D eigenvalue weighted by Gasteiger charge is 2.12. The van der Waals surface area contributed by atoms with E-state index in [1.54, 1.807) is 11.3 Å². The molecule has 0 bridgehead atoms. The van der Waals surface area contributed by atoms with Crippen LogP contribution in [0.5, 0.6) is 0 Å². The maximum absolute atomic E-state index is 12.2. The highest BCUT2D eigenvalue weighted by molar-refractivity contribution is 7.13. The van der Waals surface area contributed by atoms with Crippen LogP contribution in [0, 0.1) is 5.92 Å². The summed E-state index contributed by atoms with van der Waals surface area (Å²) in [7, 11) is 0. The van der Waals surface area contributed by atoms with Gasteiger partial charge in [0.15, 0.2) is 0 Å². The van der Waals surface area contributed by atoms with Crippen LogP contribution in [0.1, 0.15) is 20.3 Å². The molecule has 0 unspecified atom stereocenters. The molecule has 4 nitrogen and oxygen atoms in total. The quantitative estimate of drug-likeness (QED) is 0.613. The lowest BCUT2D eigenvalue weighted by molar-refractivity contribution is -0.121. The minimum Gasteiger partial charge on any atom is -0.355 e. The molecule has 1 amide bonds. The van der Waals surface area contributed by atoms with E-state index in [4.69, 9.17) is 16.6 Å². The highest BCUT2D eigenvalue weighted by Crippen LogP contribution is 2.29. The summed E-state index contributed by atoms with van der Waals surface area (Å²) < 4.78 is 1.94. The third kappa shape index (κ3) is 4.74. The molecule has 2 aromatic heterocycles. The molecule has 3 aromatic rings. The number of carbonyl (C=O) groups excluding carboxylic acids is 1. The number of carbonyl (C=O) groups is 1. The van der Waals surface area contributed by atoms with Gasteiger partial charge in [0.2, 0.25) is 5.91 Å². The van der Waals surface area contributed by atoms with Crippen LogP contribution in [0.15, 0.2) is 48.0 Å². The van der Waals surface area contributed by atoms with E-state index in [0.717, 1.165) is 28.4 Å². The lowest BCUT2D eigenvalue weighted by atomic mass is 10.1. The SMILES string of the molecule is CC(C)CCNC(=O)Cn1cccc1-c1nc(-c2ccc(Cl)cc2)cs1. The second kappa shape index (κ2) is 8.52. The standard InChI is InChI=1S/C20H22ClN3OS/c1-14(2)9-10-22-19(25)12-24-11-3-4-18(24)20-23-17(13-26-20)15-5-7-16(21)8-6-15/h3-8,11,13-14H,9-10,12H2,1-2H3,(H,22,25). The van der Waals surface area contributed by atoms with Crippen LogP contribution in [-0.4, -0.2) is 22.0 Å². The maximum Gasteiger partial charge on any atom is 0.239 e. The molecule has 0 aliphatic carbocycles. The number of rotatable bonds is 7. The summed E-state index contributed by atoms with van der Waals surface area (Å²) in [6, 6.07) is 11.6. The first-order valence-electron chi connectivity index (χ1n) is 8.66. The van der Waals surface area contributed by atoms with Crippen molar-refractivity contribution in [3.05, 3.63) is 53.0 Å². The van der Waals surface area contributed by atoms with Crippen LogP contribution in [0.2, 0.25) is 5.02 Å². The average Bonchev–Trinajstić information content (AvgIpc) is 3.24. The maximum atomic E-state index is 12.2. The third-order valence-corrected chi connectivity index (χ3v) is 5.17. The predicted molar refractivity (Wildman–Crippen MR) is 108 cm³/mol. The van der Waals surface area contributed by atoms with E-state index >= 15 is 0 Å². The fraction of sp³-hybridized carbons (Fsp3) is 0.300. The Hall–Kier alpha value is -2.11. The Bertz CT molecular complexity index is 867. The van der Waals surface area contributed by atoms with E-state index in [0.29, 0.717) is 24.0 Å². The number of benzene rings is 1. The summed E-state index contributed by atoms with van der Waals surface area (Å²) in [6.45, 7) is 5.31. The summed E-state index contributed by atoms with van der Waals surface area (Å²) in [5.41, 5.74) is 2.89. The van der Waals surface area contributed by atoms with Gasteiger partial charge in [-0.1, -0.05) is 37.6 Å². The highest BCUT2D eigenvalue weighted by atomic mass is 35.5. The molecule has 0 fully saturated rings. The smallest absolute Gasteiger partial charge is 0.239 e. The van der Waals surface area contributed by atoms with E-state index in [2.05, 4.69) is 19.2 Å². The molecule has 1 N–H and O–H groups in total. The van der Waals surface area contributed by atoms with Gasteiger partial charge < -0.3 is 9.88 Å². The van der Waals surface area contributed by atoms with Crippen LogP contribution in [-0.2, 0) is 11.3 Å². The van der Waals surface area contributed by atoms with E-state index in [1.807, 2.05) is 52.5 Å². The van der Waals surface area contributed by atoms with Crippen molar-refractivity contribution in [2.75, 3.05) is 6.54 Å². The predicted octanol–water partition coefficient (Wildman–Crippen LogP) is 5.09. The summed E-state index contributed by atoms with van der Waals surface area (Å²) in [5.74, 6) is 0.608. The Morgan fingerprint density at radius 2 is 2.04 bits per heavy atom. The van der Waals surface area contributed by atoms with Crippen LogP contribution in [0.3, 0.4) is 0 Å². The molecule has 0 saturated heterocycles. The number of amides is 1. The summed E-state index contributed by atoms with van der Waals surface area (Å²) >= 11 is 7.52. The molecule has 0 spiro atoms. The number of hydrogen-bond donors (Lipinski definition) is 1. The number of nitrogens with one attached hydrogen (secondary N) is 1. The molecular weight excluding hydrogens is 366 g/mol. The third-order valence-electron chi connectivity index (χ3n) is 4.05. The van der Waals surface area contributed by atoms with Gasteiger partial charge in [-0.05, 0) is 36.6 Å². The van der Waals surface area contributed by atoms with E-state index < -0.39 is 0 Å². The van der Waals surface area contributed by atoms with Gasteiger partial charge in [-0.25, -0.2) is 4.98 Å². The topological polar surface area (TPSA) is 46.9 Å². The minimum absolute atomic E-state index is 0.0255. The molecule has 0 atom stereocenters. The van der Waals surface area contributed by atoms with E-state index in [1.165, 1.54) is 0 Å². The zero-order valence-electron chi connectivity index (χ0n) is 14.9. The lowest BCUT2D eigenvalue weighted by Crippen LogP contribution is -2.29. The van der Waals surface area contributed by atoms with Gasteiger partial charge in [-0.15, -0.1) is 11.3 Å². The first-order chi connectivity index (χ1) is 12.5. The van der Waals surface area contributed by atoms with Crippen LogP contribution in [0.25, 0.3) is 22.0 Å². The molecule has 1 aromatic carbocycles. The Morgan fingerprint density at radius 3 is 2.77 bits per heavy atom. The van der Waals surface area contributed by atoms with Crippen molar-refractivity contribution in [1.29, 1.82) is 0 Å². The van der Waals surface area contributed by atoms with Gasteiger partial charge in [0, 0.05) is 28.7 Å². The zero-order valence-corrected chi connectivity index (χ0v) is 16.5.